The Labute approximate surface area is 183 Å². The quantitative estimate of drug-likeness (QED) is 0.597. The number of para-hydroxylation sites is 1. The third kappa shape index (κ3) is 4.83. The fourth-order valence-corrected chi connectivity index (χ4v) is 6.15. The maximum atomic E-state index is 13.0. The van der Waals surface area contributed by atoms with Gasteiger partial charge in [-0.25, -0.2) is 8.42 Å². The van der Waals surface area contributed by atoms with Crippen LogP contribution in [0.15, 0.2) is 59.6 Å². The fourth-order valence-electron chi connectivity index (χ4n) is 4.47. The van der Waals surface area contributed by atoms with Crippen LogP contribution in [0.25, 0.3) is 10.9 Å². The van der Waals surface area contributed by atoms with E-state index >= 15 is 0 Å². The first kappa shape index (κ1) is 21.6. The van der Waals surface area contributed by atoms with E-state index in [1.165, 1.54) is 0 Å². The summed E-state index contributed by atoms with van der Waals surface area (Å²) in [4.78, 5) is 15.9. The van der Waals surface area contributed by atoms with E-state index in [1.54, 1.807) is 28.6 Å². The van der Waals surface area contributed by atoms with E-state index in [4.69, 9.17) is 0 Å². The van der Waals surface area contributed by atoms with Gasteiger partial charge in [0.15, 0.2) is 0 Å². The molecule has 0 bridgehead atoms. The van der Waals surface area contributed by atoms with E-state index in [9.17, 15) is 13.2 Å². The molecule has 0 spiro atoms. The van der Waals surface area contributed by atoms with Gasteiger partial charge in [0.2, 0.25) is 15.9 Å². The smallest absolute Gasteiger partial charge is 0.243 e. The number of nitrogens with one attached hydrogen (secondary N) is 2. The average molecular weight is 440 g/mol. The summed E-state index contributed by atoms with van der Waals surface area (Å²) in [5, 5.41) is 4.00. The first-order valence-electron chi connectivity index (χ1n) is 10.8. The molecule has 2 atom stereocenters. The van der Waals surface area contributed by atoms with Crippen LogP contribution in [0.5, 0.6) is 0 Å². The Morgan fingerprint density at radius 1 is 1.06 bits per heavy atom. The Morgan fingerprint density at radius 2 is 1.74 bits per heavy atom. The molecule has 2 N–H and O–H groups in total. The monoisotopic (exact) mass is 439 g/mol. The largest absolute Gasteiger partial charge is 0.361 e. The van der Waals surface area contributed by atoms with Crippen LogP contribution in [0, 0.1) is 11.8 Å². The van der Waals surface area contributed by atoms with Gasteiger partial charge in [0.05, 0.1) is 4.90 Å². The predicted octanol–water partition coefficient (Wildman–Crippen LogP) is 4.41. The third-order valence-electron chi connectivity index (χ3n) is 5.91. The van der Waals surface area contributed by atoms with Crippen molar-refractivity contribution in [1.29, 1.82) is 0 Å². The highest BCUT2D eigenvalue weighted by Gasteiger charge is 2.31. The number of amides is 1. The van der Waals surface area contributed by atoms with E-state index in [1.807, 2.05) is 30.5 Å². The summed E-state index contributed by atoms with van der Waals surface area (Å²) in [7, 11) is -3.52. The zero-order chi connectivity index (χ0) is 22.0. The number of nitrogens with zero attached hydrogens (tertiary/aromatic N) is 1. The summed E-state index contributed by atoms with van der Waals surface area (Å²) < 4.78 is 27.6. The van der Waals surface area contributed by atoms with Crippen LogP contribution < -0.4 is 5.32 Å². The molecule has 0 unspecified atom stereocenters. The first-order valence-corrected chi connectivity index (χ1v) is 12.2. The van der Waals surface area contributed by atoms with Crippen LogP contribution in [-0.4, -0.2) is 36.7 Å². The van der Waals surface area contributed by atoms with Gasteiger partial charge in [-0.2, -0.15) is 4.31 Å². The second-order valence-electron chi connectivity index (χ2n) is 8.70. The van der Waals surface area contributed by atoms with Crippen molar-refractivity contribution in [2.45, 2.75) is 38.0 Å². The number of piperidine rings is 1. The second-order valence-corrected chi connectivity index (χ2v) is 10.6. The Bertz CT molecular complexity index is 1160. The van der Waals surface area contributed by atoms with Crippen molar-refractivity contribution in [2.75, 3.05) is 18.4 Å². The van der Waals surface area contributed by atoms with Gasteiger partial charge in [0, 0.05) is 42.3 Å². The van der Waals surface area contributed by atoms with Crippen LogP contribution in [0.2, 0.25) is 0 Å². The Balaban J connectivity index is 1.37. The summed E-state index contributed by atoms with van der Waals surface area (Å²) in [5.74, 6) is 0.614. The Morgan fingerprint density at radius 3 is 2.45 bits per heavy atom. The Hall–Kier alpha value is -2.64. The van der Waals surface area contributed by atoms with Crippen molar-refractivity contribution in [3.63, 3.8) is 0 Å². The SMILES string of the molecule is C[C@@H]1C[C@@H](C)CN(S(=O)(=O)c2ccc(NC(=O)CCc3c[nH]c4ccccc34)cc2)C1. The maximum absolute atomic E-state index is 13.0. The molecule has 3 aromatic rings. The lowest BCUT2D eigenvalue weighted by molar-refractivity contribution is -0.116. The molecule has 1 aliphatic rings. The van der Waals surface area contributed by atoms with E-state index in [0.717, 1.165) is 22.9 Å². The zero-order valence-corrected chi connectivity index (χ0v) is 18.8. The van der Waals surface area contributed by atoms with Gasteiger partial charge in [0.25, 0.3) is 0 Å². The molecule has 2 heterocycles. The van der Waals surface area contributed by atoms with Crippen LogP contribution >= 0.6 is 0 Å². The van der Waals surface area contributed by atoms with Gasteiger partial charge in [-0.1, -0.05) is 32.0 Å². The number of fused-ring (bicyclic) bond motifs is 1. The van der Waals surface area contributed by atoms with Gasteiger partial charge >= 0.3 is 0 Å². The molecule has 0 radical (unpaired) electrons. The minimum atomic E-state index is -3.52. The van der Waals surface area contributed by atoms with Crippen LogP contribution in [0.3, 0.4) is 0 Å². The molecule has 1 aromatic heterocycles. The van der Waals surface area contributed by atoms with Crippen molar-refractivity contribution in [3.8, 4) is 0 Å². The highest BCUT2D eigenvalue weighted by Crippen LogP contribution is 2.27. The predicted molar refractivity (Wildman–Crippen MR) is 123 cm³/mol. The number of hydrogen-bond acceptors (Lipinski definition) is 3. The standard InChI is InChI=1S/C24H29N3O3S/c1-17-13-18(2)16-27(15-17)31(29,30)21-10-8-20(9-11-21)26-24(28)12-7-19-14-25-23-6-4-3-5-22(19)23/h3-6,8-11,14,17-18,25H,7,12-13,15-16H2,1-2H3,(H,26,28)/t17-,18-/m1/s1. The molecule has 6 nitrogen and oxygen atoms in total. The topological polar surface area (TPSA) is 82.3 Å². The number of carbonyl (C=O) groups is 1. The third-order valence-corrected chi connectivity index (χ3v) is 7.75. The number of aromatic nitrogens is 1. The van der Waals surface area contributed by atoms with Gasteiger partial charge < -0.3 is 10.3 Å². The Kier molecular flexibility index (Phi) is 6.16. The summed E-state index contributed by atoms with van der Waals surface area (Å²) >= 11 is 0. The van der Waals surface area contributed by atoms with Gasteiger partial charge in [-0.3, -0.25) is 4.79 Å². The molecule has 1 fully saturated rings. The summed E-state index contributed by atoms with van der Waals surface area (Å²) in [6.07, 6.45) is 3.98. The molecular weight excluding hydrogens is 410 g/mol. The molecule has 2 aromatic carbocycles. The van der Waals surface area contributed by atoms with Crippen molar-refractivity contribution in [1.82, 2.24) is 9.29 Å². The molecule has 0 aliphatic carbocycles. The number of sulfonamides is 1. The highest BCUT2D eigenvalue weighted by molar-refractivity contribution is 7.89. The lowest BCUT2D eigenvalue weighted by atomic mass is 9.94. The number of anilines is 1. The van der Waals surface area contributed by atoms with Crippen LogP contribution in [0.4, 0.5) is 5.69 Å². The lowest BCUT2D eigenvalue weighted by Gasteiger charge is -2.34. The summed E-state index contributed by atoms with van der Waals surface area (Å²) in [6, 6.07) is 14.5. The summed E-state index contributed by atoms with van der Waals surface area (Å²) in [5.41, 5.74) is 2.77. The van der Waals surface area contributed by atoms with Crippen molar-refractivity contribution in [3.05, 3.63) is 60.3 Å². The molecule has 31 heavy (non-hydrogen) atoms. The molecule has 1 aliphatic heterocycles. The molecular formula is C24H29N3O3S. The minimum absolute atomic E-state index is 0.0976. The number of carbonyl (C=O) groups excluding carboxylic acids is 1. The number of hydrogen-bond donors (Lipinski definition) is 2. The van der Waals surface area contributed by atoms with Crippen molar-refractivity contribution >= 4 is 32.5 Å². The van der Waals surface area contributed by atoms with Crippen LogP contribution in [0.1, 0.15) is 32.3 Å². The van der Waals surface area contributed by atoms with E-state index < -0.39 is 10.0 Å². The first-order chi connectivity index (χ1) is 14.8. The van der Waals surface area contributed by atoms with E-state index in [-0.39, 0.29) is 10.8 Å². The van der Waals surface area contributed by atoms with Gasteiger partial charge in [0.1, 0.15) is 0 Å². The zero-order valence-electron chi connectivity index (χ0n) is 18.0. The summed E-state index contributed by atoms with van der Waals surface area (Å²) in [6.45, 7) is 5.29. The van der Waals surface area contributed by atoms with E-state index in [0.29, 0.717) is 43.5 Å². The van der Waals surface area contributed by atoms with Gasteiger partial charge in [-0.05, 0) is 60.6 Å². The van der Waals surface area contributed by atoms with Crippen molar-refractivity contribution in [2.24, 2.45) is 11.8 Å². The second kappa shape index (κ2) is 8.85. The fraction of sp³-hybridized carbons (Fsp3) is 0.375. The number of aryl methyl sites for hydroxylation is 1. The molecule has 1 saturated heterocycles. The van der Waals surface area contributed by atoms with Crippen LogP contribution in [-0.2, 0) is 21.2 Å². The molecule has 4 rings (SSSR count). The highest BCUT2D eigenvalue weighted by atomic mass is 32.2. The molecule has 0 saturated carbocycles. The van der Waals surface area contributed by atoms with Gasteiger partial charge in [-0.15, -0.1) is 0 Å². The molecule has 7 heteroatoms. The molecule has 1 amide bonds. The normalized spacial score (nSPS) is 20.1. The maximum Gasteiger partial charge on any atom is 0.243 e. The molecule has 164 valence electrons. The van der Waals surface area contributed by atoms with Crippen molar-refractivity contribution < 1.29 is 13.2 Å². The number of benzene rings is 2. The number of rotatable bonds is 6. The van der Waals surface area contributed by atoms with E-state index in [2.05, 4.69) is 24.1 Å². The lowest BCUT2D eigenvalue weighted by Crippen LogP contribution is -2.42. The number of H-pyrrole nitrogens is 1. The minimum Gasteiger partial charge on any atom is -0.361 e. The average Bonchev–Trinajstić information content (AvgIpc) is 3.15. The number of aromatic amines is 1.